The summed E-state index contributed by atoms with van der Waals surface area (Å²) in [6, 6.07) is 7.94. The molecule has 0 heterocycles. The van der Waals surface area contributed by atoms with Gasteiger partial charge in [0.2, 0.25) is 0 Å². The zero-order chi connectivity index (χ0) is 14.3. The number of para-hydroxylation sites is 1. The molecule has 0 aromatic heterocycles. The van der Waals surface area contributed by atoms with Crippen LogP contribution in [0, 0.1) is 6.92 Å². The Balaban J connectivity index is 2.70. The first-order valence-corrected chi connectivity index (χ1v) is 7.82. The Bertz CT molecular complexity index is 489. The molecule has 2 nitrogen and oxygen atoms in total. The summed E-state index contributed by atoms with van der Waals surface area (Å²) in [5.41, 5.74) is 2.15. The molecule has 1 aromatic rings. The molecule has 0 spiro atoms. The van der Waals surface area contributed by atoms with E-state index in [1.54, 1.807) is 6.08 Å². The lowest BCUT2D eigenvalue weighted by Crippen LogP contribution is -1.95. The van der Waals surface area contributed by atoms with E-state index in [1.807, 2.05) is 63.9 Å². The molecule has 1 aromatic carbocycles. The molecule has 1 atom stereocenters. The second-order valence-electron chi connectivity index (χ2n) is 4.13. The molecule has 0 N–H and O–H groups in total. The molecule has 19 heavy (non-hydrogen) atoms. The molecule has 0 fully saturated rings. The van der Waals surface area contributed by atoms with Crippen LogP contribution in [0.1, 0.15) is 19.4 Å². The van der Waals surface area contributed by atoms with Gasteiger partial charge in [-0.15, -0.1) is 0 Å². The zero-order valence-corrected chi connectivity index (χ0v) is 12.9. The first-order valence-electron chi connectivity index (χ1n) is 6.19. The summed E-state index contributed by atoms with van der Waals surface area (Å²) < 4.78 is 11.7. The molecular formula is C16H21O2P. The molecule has 0 aliphatic rings. The second kappa shape index (κ2) is 7.81. The van der Waals surface area contributed by atoms with Crippen LogP contribution in [-0.4, -0.2) is 6.66 Å². The molecule has 0 saturated carbocycles. The lowest BCUT2D eigenvalue weighted by Gasteiger charge is -2.18. The van der Waals surface area contributed by atoms with Gasteiger partial charge in [-0.1, -0.05) is 36.9 Å². The van der Waals surface area contributed by atoms with Crippen LogP contribution in [0.25, 0.3) is 0 Å². The zero-order valence-electron chi connectivity index (χ0n) is 12.0. The summed E-state index contributed by atoms with van der Waals surface area (Å²) in [5, 5.41) is 0. The minimum Gasteiger partial charge on any atom is -0.439 e. The van der Waals surface area contributed by atoms with E-state index < -0.39 is 8.38 Å². The van der Waals surface area contributed by atoms with Gasteiger partial charge in [-0.25, -0.2) is 0 Å². The summed E-state index contributed by atoms with van der Waals surface area (Å²) in [5.74, 6) is 1.71. The van der Waals surface area contributed by atoms with Crippen molar-refractivity contribution in [3.8, 4) is 5.75 Å². The van der Waals surface area contributed by atoms with Crippen LogP contribution >= 0.6 is 8.38 Å². The molecular weight excluding hydrogens is 255 g/mol. The third kappa shape index (κ3) is 4.92. The largest absolute Gasteiger partial charge is 0.439 e. The number of hydrogen-bond acceptors (Lipinski definition) is 2. The van der Waals surface area contributed by atoms with Gasteiger partial charge in [0.05, 0.1) is 0 Å². The molecule has 0 aliphatic heterocycles. The summed E-state index contributed by atoms with van der Waals surface area (Å²) >= 11 is 0. The molecule has 1 rings (SSSR count). The highest BCUT2D eigenvalue weighted by Crippen LogP contribution is 2.40. The van der Waals surface area contributed by atoms with Crippen molar-refractivity contribution in [1.29, 1.82) is 0 Å². The first-order chi connectivity index (χ1) is 9.08. The fraction of sp³-hybridized carbons (Fsp3) is 0.250. The standard InChI is InChI=1S/C16H21O2P/c1-6-10-13(3)15(7-2)17-19(5)18-16-12-9-8-11-14(16)4/h6-12H,1H2,2-5H3/b13-10-,15-7+. The van der Waals surface area contributed by atoms with Gasteiger partial charge in [0.15, 0.2) is 0 Å². The SMILES string of the molecule is C=C/C=C(C)\C(=C/C)OP(C)Oc1ccccc1C. The summed E-state index contributed by atoms with van der Waals surface area (Å²) in [4.78, 5) is 0. The number of allylic oxidation sites excluding steroid dienone is 4. The van der Waals surface area contributed by atoms with Gasteiger partial charge < -0.3 is 9.05 Å². The van der Waals surface area contributed by atoms with Gasteiger partial charge in [-0.3, -0.25) is 0 Å². The molecule has 0 saturated heterocycles. The highest BCUT2D eigenvalue weighted by atomic mass is 31.2. The highest BCUT2D eigenvalue weighted by molar-refractivity contribution is 7.46. The van der Waals surface area contributed by atoms with Crippen molar-refractivity contribution in [1.82, 2.24) is 0 Å². The number of hydrogen-bond donors (Lipinski definition) is 0. The van der Waals surface area contributed by atoms with Crippen LogP contribution in [0.2, 0.25) is 0 Å². The molecule has 102 valence electrons. The second-order valence-corrected chi connectivity index (χ2v) is 5.37. The van der Waals surface area contributed by atoms with Crippen molar-refractivity contribution in [2.24, 2.45) is 0 Å². The van der Waals surface area contributed by atoms with Gasteiger partial charge in [0.1, 0.15) is 11.5 Å². The molecule has 0 aliphatic carbocycles. The van der Waals surface area contributed by atoms with Gasteiger partial charge >= 0.3 is 0 Å². The van der Waals surface area contributed by atoms with E-state index in [2.05, 4.69) is 6.58 Å². The maximum absolute atomic E-state index is 5.86. The third-order valence-electron chi connectivity index (χ3n) is 2.57. The minimum absolute atomic E-state index is 0.835. The van der Waals surface area contributed by atoms with E-state index in [9.17, 15) is 0 Å². The molecule has 3 heteroatoms. The Morgan fingerprint density at radius 2 is 2.00 bits per heavy atom. The van der Waals surface area contributed by atoms with E-state index in [0.717, 1.165) is 22.6 Å². The smallest absolute Gasteiger partial charge is 0.286 e. The van der Waals surface area contributed by atoms with Crippen LogP contribution in [0.5, 0.6) is 5.75 Å². The van der Waals surface area contributed by atoms with Crippen molar-refractivity contribution < 1.29 is 9.05 Å². The quantitative estimate of drug-likeness (QED) is 0.395. The van der Waals surface area contributed by atoms with Crippen LogP contribution in [0.15, 0.2) is 60.4 Å². The van der Waals surface area contributed by atoms with E-state index in [-0.39, 0.29) is 0 Å². The Kier molecular flexibility index (Phi) is 6.38. The van der Waals surface area contributed by atoms with Crippen LogP contribution in [0.3, 0.4) is 0 Å². The normalized spacial score (nSPS) is 13.9. The molecule has 0 amide bonds. The van der Waals surface area contributed by atoms with Crippen LogP contribution in [0.4, 0.5) is 0 Å². The summed E-state index contributed by atoms with van der Waals surface area (Å²) in [6.45, 7) is 11.6. The maximum atomic E-state index is 5.86. The van der Waals surface area contributed by atoms with E-state index in [4.69, 9.17) is 9.05 Å². The fourth-order valence-electron chi connectivity index (χ4n) is 1.57. The fourth-order valence-corrected chi connectivity index (χ4v) is 2.61. The molecule has 1 unspecified atom stereocenters. The average molecular weight is 276 g/mol. The monoisotopic (exact) mass is 276 g/mol. The van der Waals surface area contributed by atoms with E-state index >= 15 is 0 Å². The average Bonchev–Trinajstić information content (AvgIpc) is 2.39. The lowest BCUT2D eigenvalue weighted by atomic mass is 10.2. The van der Waals surface area contributed by atoms with Crippen LogP contribution < -0.4 is 4.52 Å². The third-order valence-corrected chi connectivity index (χ3v) is 3.47. The van der Waals surface area contributed by atoms with Gasteiger partial charge in [-0.2, -0.15) is 0 Å². The Hall–Kier alpha value is -1.53. The molecule has 0 bridgehead atoms. The number of rotatable bonds is 6. The van der Waals surface area contributed by atoms with Gasteiger partial charge in [-0.05, 0) is 44.1 Å². The predicted octanol–water partition coefficient (Wildman–Crippen LogP) is 5.37. The van der Waals surface area contributed by atoms with Crippen molar-refractivity contribution in [2.45, 2.75) is 20.8 Å². The molecule has 0 radical (unpaired) electrons. The van der Waals surface area contributed by atoms with Crippen molar-refractivity contribution in [2.75, 3.05) is 6.66 Å². The Morgan fingerprint density at radius 1 is 1.32 bits per heavy atom. The number of benzene rings is 1. The lowest BCUT2D eigenvalue weighted by molar-refractivity contribution is 0.416. The maximum Gasteiger partial charge on any atom is 0.286 e. The first kappa shape index (κ1) is 15.5. The van der Waals surface area contributed by atoms with E-state index in [0.29, 0.717) is 0 Å². The Labute approximate surface area is 117 Å². The van der Waals surface area contributed by atoms with Gasteiger partial charge in [0.25, 0.3) is 8.38 Å². The van der Waals surface area contributed by atoms with Gasteiger partial charge in [0, 0.05) is 6.66 Å². The minimum atomic E-state index is -1.00. The van der Waals surface area contributed by atoms with Crippen molar-refractivity contribution >= 4 is 8.38 Å². The van der Waals surface area contributed by atoms with Crippen LogP contribution in [-0.2, 0) is 4.52 Å². The Morgan fingerprint density at radius 3 is 2.58 bits per heavy atom. The summed E-state index contributed by atoms with van der Waals surface area (Å²) in [6.07, 6.45) is 5.62. The van der Waals surface area contributed by atoms with Crippen molar-refractivity contribution in [3.63, 3.8) is 0 Å². The topological polar surface area (TPSA) is 18.5 Å². The van der Waals surface area contributed by atoms with Crippen molar-refractivity contribution in [3.05, 3.63) is 66.0 Å². The highest BCUT2D eigenvalue weighted by Gasteiger charge is 2.11. The number of aryl methyl sites for hydroxylation is 1. The predicted molar refractivity (Wildman–Crippen MR) is 83.4 cm³/mol. The van der Waals surface area contributed by atoms with E-state index in [1.165, 1.54) is 0 Å². The summed E-state index contributed by atoms with van der Waals surface area (Å²) in [7, 11) is -1.00.